The number of rotatable bonds is 4. The molecule has 0 aliphatic heterocycles. The van der Waals surface area contributed by atoms with Crippen LogP contribution in [0.1, 0.15) is 29.4 Å². The van der Waals surface area contributed by atoms with Crippen molar-refractivity contribution < 1.29 is 4.42 Å². The van der Waals surface area contributed by atoms with Gasteiger partial charge in [-0.1, -0.05) is 0 Å². The third-order valence-corrected chi connectivity index (χ3v) is 3.22. The van der Waals surface area contributed by atoms with Crippen LogP contribution < -0.4 is 5.32 Å². The maximum Gasteiger partial charge on any atom is 0.110 e. The van der Waals surface area contributed by atoms with Crippen molar-refractivity contribution >= 4 is 11.3 Å². The van der Waals surface area contributed by atoms with E-state index in [0.717, 1.165) is 22.9 Å². The number of hydrogen-bond acceptors (Lipinski definition) is 4. The highest BCUT2D eigenvalue weighted by atomic mass is 32.1. The van der Waals surface area contributed by atoms with Gasteiger partial charge in [-0.25, -0.2) is 4.98 Å². The van der Waals surface area contributed by atoms with Gasteiger partial charge in [0.25, 0.3) is 0 Å². The van der Waals surface area contributed by atoms with Gasteiger partial charge < -0.3 is 9.73 Å². The summed E-state index contributed by atoms with van der Waals surface area (Å²) in [6.07, 6.45) is 2.48. The highest BCUT2D eigenvalue weighted by Crippen LogP contribution is 2.19. The molecule has 1 atom stereocenters. The summed E-state index contributed by atoms with van der Waals surface area (Å²) >= 11 is 1.68. The van der Waals surface area contributed by atoms with Crippen LogP contribution in [-0.2, 0) is 6.42 Å². The fraction of sp³-hybridized carbons (Fsp3) is 0.364. The molecule has 0 saturated carbocycles. The van der Waals surface area contributed by atoms with E-state index in [1.54, 1.807) is 17.6 Å². The van der Waals surface area contributed by atoms with Crippen LogP contribution in [0.5, 0.6) is 0 Å². The van der Waals surface area contributed by atoms with E-state index in [2.05, 4.69) is 22.6 Å². The van der Waals surface area contributed by atoms with Crippen molar-refractivity contribution in [3.63, 3.8) is 0 Å². The fourth-order valence-electron chi connectivity index (χ4n) is 1.32. The molecular weight excluding hydrogens is 208 g/mol. The summed E-state index contributed by atoms with van der Waals surface area (Å²) in [6, 6.07) is 4.19. The summed E-state index contributed by atoms with van der Waals surface area (Å²) in [5.41, 5.74) is 1.10. The summed E-state index contributed by atoms with van der Waals surface area (Å²) in [7, 11) is 1.94. The third kappa shape index (κ3) is 2.46. The highest BCUT2D eigenvalue weighted by Gasteiger charge is 2.08. The Morgan fingerprint density at radius 3 is 3.13 bits per heavy atom. The zero-order valence-corrected chi connectivity index (χ0v) is 9.67. The van der Waals surface area contributed by atoms with E-state index in [1.165, 1.54) is 0 Å². The van der Waals surface area contributed by atoms with Crippen LogP contribution in [0.4, 0.5) is 0 Å². The molecule has 0 radical (unpaired) electrons. The second-order valence-corrected chi connectivity index (χ2v) is 4.38. The maximum absolute atomic E-state index is 5.28. The lowest BCUT2D eigenvalue weighted by Gasteiger charge is -2.04. The lowest BCUT2D eigenvalue weighted by Crippen LogP contribution is -2.12. The first-order chi connectivity index (χ1) is 7.29. The van der Waals surface area contributed by atoms with Gasteiger partial charge >= 0.3 is 0 Å². The molecule has 0 aromatic carbocycles. The average Bonchev–Trinajstić information content (AvgIpc) is 2.88. The maximum atomic E-state index is 5.28. The first-order valence-corrected chi connectivity index (χ1v) is 5.81. The van der Waals surface area contributed by atoms with Gasteiger partial charge in [0.1, 0.15) is 10.8 Å². The molecule has 0 fully saturated rings. The molecule has 2 aromatic rings. The second-order valence-electron chi connectivity index (χ2n) is 3.43. The molecule has 0 spiro atoms. The van der Waals surface area contributed by atoms with Crippen LogP contribution in [0.3, 0.4) is 0 Å². The van der Waals surface area contributed by atoms with E-state index in [1.807, 2.05) is 19.2 Å². The van der Waals surface area contributed by atoms with E-state index in [0.29, 0.717) is 6.04 Å². The minimum absolute atomic E-state index is 0.312. The molecule has 0 amide bonds. The predicted octanol–water partition coefficient (Wildman–Crippen LogP) is 2.61. The topological polar surface area (TPSA) is 38.1 Å². The second kappa shape index (κ2) is 4.59. The van der Waals surface area contributed by atoms with Crippen molar-refractivity contribution in [3.8, 4) is 0 Å². The molecule has 2 aromatic heterocycles. The molecule has 0 bridgehead atoms. The third-order valence-electron chi connectivity index (χ3n) is 2.35. The molecule has 4 heteroatoms. The van der Waals surface area contributed by atoms with Crippen LogP contribution in [0, 0.1) is 0 Å². The quantitative estimate of drug-likeness (QED) is 0.864. The van der Waals surface area contributed by atoms with Gasteiger partial charge in [-0.05, 0) is 26.1 Å². The van der Waals surface area contributed by atoms with Gasteiger partial charge in [-0.15, -0.1) is 11.3 Å². The van der Waals surface area contributed by atoms with Gasteiger partial charge in [-0.3, -0.25) is 0 Å². The smallest absolute Gasteiger partial charge is 0.110 e. The predicted molar refractivity (Wildman–Crippen MR) is 61.1 cm³/mol. The molecule has 0 aliphatic carbocycles. The highest BCUT2D eigenvalue weighted by molar-refractivity contribution is 7.09. The Morgan fingerprint density at radius 2 is 2.47 bits per heavy atom. The monoisotopic (exact) mass is 222 g/mol. The first kappa shape index (κ1) is 10.4. The largest absolute Gasteiger partial charge is 0.469 e. The van der Waals surface area contributed by atoms with E-state index < -0.39 is 0 Å². The Kier molecular flexibility index (Phi) is 3.18. The van der Waals surface area contributed by atoms with Crippen LogP contribution in [0.15, 0.2) is 28.2 Å². The van der Waals surface area contributed by atoms with Crippen molar-refractivity contribution in [2.24, 2.45) is 0 Å². The van der Waals surface area contributed by atoms with Crippen LogP contribution >= 0.6 is 11.3 Å². The zero-order chi connectivity index (χ0) is 10.7. The number of thiazole rings is 1. The van der Waals surface area contributed by atoms with E-state index >= 15 is 0 Å². The van der Waals surface area contributed by atoms with Crippen molar-refractivity contribution in [1.29, 1.82) is 0 Å². The van der Waals surface area contributed by atoms with Crippen LogP contribution in [0.2, 0.25) is 0 Å². The van der Waals surface area contributed by atoms with Gasteiger partial charge in [0.05, 0.1) is 18.4 Å². The van der Waals surface area contributed by atoms with Gasteiger partial charge in [0.15, 0.2) is 0 Å². The lowest BCUT2D eigenvalue weighted by molar-refractivity contribution is 0.520. The molecule has 1 N–H and O–H groups in total. The number of aromatic nitrogens is 1. The van der Waals surface area contributed by atoms with Gasteiger partial charge in [0, 0.05) is 11.4 Å². The Bertz CT molecular complexity index is 408. The van der Waals surface area contributed by atoms with Gasteiger partial charge in [-0.2, -0.15) is 0 Å². The fourth-order valence-corrected chi connectivity index (χ4v) is 2.21. The Balaban J connectivity index is 2.07. The lowest BCUT2D eigenvalue weighted by atomic mass is 10.3. The number of nitrogens with one attached hydrogen (secondary N) is 1. The Morgan fingerprint density at radius 1 is 1.60 bits per heavy atom. The summed E-state index contributed by atoms with van der Waals surface area (Å²) in [5, 5.41) is 6.37. The molecular formula is C11H14N2OS. The molecule has 0 aliphatic rings. The number of furan rings is 1. The SMILES string of the molecule is CNC(C)c1csc(Cc2ccco2)n1. The van der Waals surface area contributed by atoms with Crippen molar-refractivity contribution in [1.82, 2.24) is 10.3 Å². The van der Waals surface area contributed by atoms with E-state index in [9.17, 15) is 0 Å². The van der Waals surface area contributed by atoms with Crippen LogP contribution in [-0.4, -0.2) is 12.0 Å². The average molecular weight is 222 g/mol. The zero-order valence-electron chi connectivity index (χ0n) is 8.86. The molecule has 2 rings (SSSR count). The molecule has 80 valence electrons. The van der Waals surface area contributed by atoms with Gasteiger partial charge in [0.2, 0.25) is 0 Å². The summed E-state index contributed by atoms with van der Waals surface area (Å²) in [5.74, 6) is 0.966. The Labute approximate surface area is 93.2 Å². The molecule has 2 heterocycles. The molecule has 0 saturated heterocycles. The summed E-state index contributed by atoms with van der Waals surface area (Å²) in [6.45, 7) is 2.10. The van der Waals surface area contributed by atoms with E-state index in [4.69, 9.17) is 4.42 Å². The standard InChI is InChI=1S/C11H14N2OS/c1-8(12-2)10-7-15-11(13-10)6-9-4-3-5-14-9/h3-5,7-8,12H,6H2,1-2H3. The molecule has 3 nitrogen and oxygen atoms in total. The Hall–Kier alpha value is -1.13. The number of hydrogen-bond donors (Lipinski definition) is 1. The van der Waals surface area contributed by atoms with Crippen LogP contribution in [0.25, 0.3) is 0 Å². The number of nitrogens with zero attached hydrogens (tertiary/aromatic N) is 1. The minimum atomic E-state index is 0.312. The van der Waals surface area contributed by atoms with Crippen molar-refractivity contribution in [3.05, 3.63) is 40.2 Å². The molecule has 1 unspecified atom stereocenters. The van der Waals surface area contributed by atoms with E-state index in [-0.39, 0.29) is 0 Å². The molecule has 15 heavy (non-hydrogen) atoms. The summed E-state index contributed by atoms with van der Waals surface area (Å²) < 4.78 is 5.28. The van der Waals surface area contributed by atoms with Crippen molar-refractivity contribution in [2.45, 2.75) is 19.4 Å². The van der Waals surface area contributed by atoms with Crippen molar-refractivity contribution in [2.75, 3.05) is 7.05 Å². The normalized spacial score (nSPS) is 12.9. The summed E-state index contributed by atoms with van der Waals surface area (Å²) in [4.78, 5) is 4.55. The minimum Gasteiger partial charge on any atom is -0.469 e. The first-order valence-electron chi connectivity index (χ1n) is 4.93.